The maximum atomic E-state index is 11.7. The Morgan fingerprint density at radius 1 is 1.40 bits per heavy atom. The number of rotatable bonds is 5. The van der Waals surface area contributed by atoms with Gasteiger partial charge in [-0.25, -0.2) is 0 Å². The van der Waals surface area contributed by atoms with Crippen molar-refractivity contribution in [2.24, 2.45) is 5.41 Å². The van der Waals surface area contributed by atoms with Gasteiger partial charge >= 0.3 is 5.97 Å². The number of ether oxygens (including phenoxy) is 1. The number of hydrogen-bond acceptors (Lipinski definition) is 4. The van der Waals surface area contributed by atoms with Gasteiger partial charge < -0.3 is 9.64 Å². The third-order valence-electron chi connectivity index (χ3n) is 3.44. The van der Waals surface area contributed by atoms with Crippen molar-refractivity contribution in [3.8, 4) is 0 Å². The molecule has 0 aromatic heterocycles. The van der Waals surface area contributed by atoms with E-state index in [1.165, 1.54) is 5.70 Å². The molecule has 0 N–H and O–H groups in total. The van der Waals surface area contributed by atoms with Gasteiger partial charge in [0.2, 0.25) is 0 Å². The van der Waals surface area contributed by atoms with Crippen molar-refractivity contribution in [2.75, 3.05) is 20.2 Å². The Hall–Kier alpha value is -1.58. The van der Waals surface area contributed by atoms with Crippen LogP contribution in [0.15, 0.2) is 22.9 Å². The summed E-state index contributed by atoms with van der Waals surface area (Å²) < 4.78 is 5.26. The van der Waals surface area contributed by atoms with Crippen LogP contribution in [-0.2, 0) is 14.3 Å². The molecule has 1 aliphatic carbocycles. The van der Waals surface area contributed by atoms with Gasteiger partial charge in [-0.2, -0.15) is 0 Å². The normalized spacial score (nSPS) is 15.8. The summed E-state index contributed by atoms with van der Waals surface area (Å²) >= 11 is 0. The van der Waals surface area contributed by atoms with Crippen LogP contribution < -0.4 is 0 Å². The lowest BCUT2D eigenvalue weighted by Crippen LogP contribution is -2.29. The molecule has 0 spiro atoms. The maximum Gasteiger partial charge on any atom is 0.311 e. The molecule has 112 valence electrons. The van der Waals surface area contributed by atoms with Crippen molar-refractivity contribution < 1.29 is 14.3 Å². The Kier molecular flexibility index (Phi) is 5.54. The van der Waals surface area contributed by atoms with Gasteiger partial charge in [-0.05, 0) is 57.8 Å². The minimum Gasteiger partial charge on any atom is -0.463 e. The smallest absolute Gasteiger partial charge is 0.311 e. The summed E-state index contributed by atoms with van der Waals surface area (Å²) in [6.07, 6.45) is 4.62. The fraction of sp³-hybridized carbons (Fsp3) is 0.625. The van der Waals surface area contributed by atoms with Crippen molar-refractivity contribution in [1.82, 2.24) is 4.90 Å². The monoisotopic (exact) mass is 279 g/mol. The Labute approximate surface area is 121 Å². The van der Waals surface area contributed by atoms with E-state index in [-0.39, 0.29) is 5.97 Å². The first-order valence-electron chi connectivity index (χ1n) is 6.99. The molecule has 0 radical (unpaired) electrons. The lowest BCUT2D eigenvalue weighted by molar-refractivity contribution is -0.153. The van der Waals surface area contributed by atoms with E-state index in [9.17, 15) is 9.59 Å². The van der Waals surface area contributed by atoms with Crippen LogP contribution in [0.1, 0.15) is 40.5 Å². The Bertz CT molecular complexity index is 441. The maximum absolute atomic E-state index is 11.7. The lowest BCUT2D eigenvalue weighted by atomic mass is 9.97. The van der Waals surface area contributed by atoms with Crippen LogP contribution in [0.4, 0.5) is 0 Å². The van der Waals surface area contributed by atoms with Gasteiger partial charge in [0.1, 0.15) is 12.9 Å². The number of esters is 1. The quantitative estimate of drug-likeness (QED) is 0.573. The highest BCUT2D eigenvalue weighted by atomic mass is 16.5. The highest BCUT2D eigenvalue weighted by molar-refractivity contribution is 5.76. The average molecular weight is 279 g/mol. The Morgan fingerprint density at radius 2 is 2.05 bits per heavy atom. The van der Waals surface area contributed by atoms with E-state index in [1.807, 2.05) is 40.8 Å². The van der Waals surface area contributed by atoms with E-state index in [2.05, 4.69) is 4.90 Å². The van der Waals surface area contributed by atoms with Gasteiger partial charge in [-0.1, -0.05) is 0 Å². The number of allylic oxidation sites excluding steroid dienone is 4. The standard InChI is InChI=1S/C16H25NO3/c1-12-10-14(7-6-13(12)11-18)17(5)8-9-20-15(19)16(2,3)4/h10-11H,6-9H2,1-5H3. The summed E-state index contributed by atoms with van der Waals surface area (Å²) in [5.74, 6) is -0.178. The second-order valence-electron chi connectivity index (χ2n) is 6.27. The molecule has 0 aromatic rings. The van der Waals surface area contributed by atoms with Gasteiger partial charge in [0.05, 0.1) is 12.0 Å². The van der Waals surface area contributed by atoms with Crippen molar-refractivity contribution >= 4 is 12.3 Å². The second-order valence-corrected chi connectivity index (χ2v) is 6.27. The molecule has 1 rings (SSSR count). The molecule has 0 aliphatic heterocycles. The van der Waals surface area contributed by atoms with Gasteiger partial charge in [0.25, 0.3) is 0 Å². The fourth-order valence-electron chi connectivity index (χ4n) is 1.96. The van der Waals surface area contributed by atoms with Crippen molar-refractivity contribution in [1.29, 1.82) is 0 Å². The largest absolute Gasteiger partial charge is 0.463 e. The number of carbonyl (C=O) groups is 2. The SMILES string of the molecule is CC1=C(C=O)CCC(N(C)CCOC(=O)C(C)(C)C)=C1. The van der Waals surface area contributed by atoms with Crippen LogP contribution >= 0.6 is 0 Å². The highest BCUT2D eigenvalue weighted by Crippen LogP contribution is 2.24. The van der Waals surface area contributed by atoms with Gasteiger partial charge in [0, 0.05) is 12.7 Å². The topological polar surface area (TPSA) is 46.6 Å². The first-order valence-corrected chi connectivity index (χ1v) is 6.99. The zero-order valence-corrected chi connectivity index (χ0v) is 13.2. The van der Waals surface area contributed by atoms with Crippen LogP contribution in [0, 0.1) is 5.41 Å². The summed E-state index contributed by atoms with van der Waals surface area (Å²) in [4.78, 5) is 24.6. The van der Waals surface area contributed by atoms with Crippen molar-refractivity contribution in [3.63, 3.8) is 0 Å². The molecular formula is C16H25NO3. The van der Waals surface area contributed by atoms with Crippen LogP contribution in [0.25, 0.3) is 0 Å². The predicted molar refractivity (Wildman–Crippen MR) is 79.1 cm³/mol. The third-order valence-corrected chi connectivity index (χ3v) is 3.44. The zero-order chi connectivity index (χ0) is 15.3. The van der Waals surface area contributed by atoms with E-state index in [4.69, 9.17) is 4.74 Å². The molecule has 0 atom stereocenters. The van der Waals surface area contributed by atoms with Crippen LogP contribution in [0.3, 0.4) is 0 Å². The summed E-state index contributed by atoms with van der Waals surface area (Å²) in [6, 6.07) is 0. The molecule has 4 heteroatoms. The van der Waals surface area contributed by atoms with Crippen molar-refractivity contribution in [2.45, 2.75) is 40.5 Å². The second kappa shape index (κ2) is 6.73. The molecule has 0 saturated heterocycles. The van der Waals surface area contributed by atoms with Gasteiger partial charge in [0.15, 0.2) is 0 Å². The molecule has 0 saturated carbocycles. The van der Waals surface area contributed by atoms with E-state index < -0.39 is 5.41 Å². The molecule has 0 fully saturated rings. The summed E-state index contributed by atoms with van der Waals surface area (Å²) in [5.41, 5.74) is 2.63. The average Bonchev–Trinajstić information content (AvgIpc) is 2.37. The lowest BCUT2D eigenvalue weighted by Gasteiger charge is -2.26. The minimum atomic E-state index is -0.457. The van der Waals surface area contributed by atoms with Crippen LogP contribution in [0.2, 0.25) is 0 Å². The van der Waals surface area contributed by atoms with Crippen molar-refractivity contribution in [3.05, 3.63) is 22.9 Å². The first kappa shape index (κ1) is 16.5. The summed E-state index contributed by atoms with van der Waals surface area (Å²) in [6.45, 7) is 8.54. The zero-order valence-electron chi connectivity index (χ0n) is 13.2. The number of likely N-dealkylation sites (N-methyl/N-ethyl adjacent to an activating group) is 1. The molecule has 1 aliphatic rings. The summed E-state index contributed by atoms with van der Waals surface area (Å²) in [5, 5.41) is 0. The number of aldehydes is 1. The summed E-state index contributed by atoms with van der Waals surface area (Å²) in [7, 11) is 1.98. The first-order chi connectivity index (χ1) is 9.25. The fourth-order valence-corrected chi connectivity index (χ4v) is 1.96. The number of nitrogens with zero attached hydrogens (tertiary/aromatic N) is 1. The number of carbonyl (C=O) groups excluding carboxylic acids is 2. The molecule has 0 unspecified atom stereocenters. The Balaban J connectivity index is 2.49. The minimum absolute atomic E-state index is 0.178. The molecular weight excluding hydrogens is 254 g/mol. The van der Waals surface area contributed by atoms with Gasteiger partial charge in [-0.15, -0.1) is 0 Å². The highest BCUT2D eigenvalue weighted by Gasteiger charge is 2.23. The van der Waals surface area contributed by atoms with E-state index in [1.54, 1.807) is 0 Å². The number of hydrogen-bond donors (Lipinski definition) is 0. The molecule has 20 heavy (non-hydrogen) atoms. The molecule has 0 bridgehead atoms. The molecule has 4 nitrogen and oxygen atoms in total. The van der Waals surface area contributed by atoms with E-state index in [0.717, 1.165) is 30.3 Å². The third kappa shape index (κ3) is 4.51. The van der Waals surface area contributed by atoms with E-state index >= 15 is 0 Å². The van der Waals surface area contributed by atoms with Crippen LogP contribution in [0.5, 0.6) is 0 Å². The van der Waals surface area contributed by atoms with E-state index in [0.29, 0.717) is 13.2 Å². The molecule has 0 amide bonds. The Morgan fingerprint density at radius 3 is 2.55 bits per heavy atom. The predicted octanol–water partition coefficient (Wildman–Crippen LogP) is 2.70. The van der Waals surface area contributed by atoms with Gasteiger partial charge in [-0.3, -0.25) is 9.59 Å². The van der Waals surface area contributed by atoms with Crippen LogP contribution in [-0.4, -0.2) is 37.4 Å². The molecule has 0 aromatic carbocycles. The molecule has 0 heterocycles.